The van der Waals surface area contributed by atoms with E-state index in [9.17, 15) is 13.2 Å². The number of benzene rings is 2. The first-order valence-corrected chi connectivity index (χ1v) is 7.21. The fraction of sp³-hybridized carbons (Fsp3) is 0.125. The number of rotatable bonds is 2. The normalized spacial score (nSPS) is 12.0. The number of alkyl halides is 3. The summed E-state index contributed by atoms with van der Waals surface area (Å²) in [4.78, 5) is 0. The number of halogens is 5. The molecule has 0 amide bonds. The fourth-order valence-electron chi connectivity index (χ4n) is 2.44. The Kier molecular flexibility index (Phi) is 3.83. The largest absolute Gasteiger partial charge is 0.431 e. The molecule has 0 aliphatic rings. The molecule has 0 aliphatic heterocycles. The van der Waals surface area contributed by atoms with E-state index >= 15 is 0 Å². The average molecular weight is 344 g/mol. The zero-order valence-corrected chi connectivity index (χ0v) is 12.7. The van der Waals surface area contributed by atoms with E-state index in [1.165, 1.54) is 10.6 Å². The van der Waals surface area contributed by atoms with Gasteiger partial charge < -0.3 is 4.57 Å². The smallest absolute Gasteiger partial charge is 0.332 e. The summed E-state index contributed by atoms with van der Waals surface area (Å²) in [7, 11) is 0. The first-order valence-electron chi connectivity index (χ1n) is 6.45. The van der Waals surface area contributed by atoms with Crippen molar-refractivity contribution >= 4 is 34.1 Å². The third kappa shape index (κ3) is 2.81. The summed E-state index contributed by atoms with van der Waals surface area (Å²) in [5.41, 5.74) is 0.401. The summed E-state index contributed by atoms with van der Waals surface area (Å²) < 4.78 is 41.1. The highest BCUT2D eigenvalue weighted by Crippen LogP contribution is 2.35. The quantitative estimate of drug-likeness (QED) is 0.536. The highest BCUT2D eigenvalue weighted by molar-refractivity contribution is 6.35. The number of para-hydroxylation sites is 1. The van der Waals surface area contributed by atoms with Crippen LogP contribution in [0.25, 0.3) is 10.9 Å². The highest BCUT2D eigenvalue weighted by atomic mass is 35.5. The van der Waals surface area contributed by atoms with E-state index < -0.39 is 11.9 Å². The van der Waals surface area contributed by atoms with Crippen LogP contribution in [-0.4, -0.2) is 4.57 Å². The lowest BCUT2D eigenvalue weighted by molar-refractivity contribution is -0.143. The highest BCUT2D eigenvalue weighted by Gasteiger charge is 2.35. The summed E-state index contributed by atoms with van der Waals surface area (Å²) in [6.45, 7) is 0.0261. The van der Waals surface area contributed by atoms with Crippen molar-refractivity contribution in [1.29, 1.82) is 0 Å². The second kappa shape index (κ2) is 5.52. The molecule has 0 N–H and O–H groups in total. The molecule has 6 heteroatoms. The van der Waals surface area contributed by atoms with Crippen LogP contribution in [0.2, 0.25) is 10.0 Å². The molecule has 1 nitrogen and oxygen atoms in total. The van der Waals surface area contributed by atoms with E-state index in [1.807, 2.05) is 0 Å². The molecule has 0 spiro atoms. The van der Waals surface area contributed by atoms with Crippen molar-refractivity contribution in [2.24, 2.45) is 0 Å². The van der Waals surface area contributed by atoms with Crippen molar-refractivity contribution in [3.05, 3.63) is 69.8 Å². The molecule has 22 heavy (non-hydrogen) atoms. The van der Waals surface area contributed by atoms with Gasteiger partial charge in [0.1, 0.15) is 5.69 Å². The van der Waals surface area contributed by atoms with Crippen molar-refractivity contribution in [3.63, 3.8) is 0 Å². The van der Waals surface area contributed by atoms with E-state index in [2.05, 4.69) is 0 Å². The van der Waals surface area contributed by atoms with Crippen LogP contribution in [0.15, 0.2) is 48.5 Å². The first-order chi connectivity index (χ1) is 10.4. The Labute approximate surface area is 134 Å². The Morgan fingerprint density at radius 1 is 0.955 bits per heavy atom. The molecule has 2 aromatic carbocycles. The van der Waals surface area contributed by atoms with Gasteiger partial charge in [-0.1, -0.05) is 47.5 Å². The Balaban J connectivity index is 2.16. The molecule has 0 radical (unpaired) electrons. The molecule has 114 valence electrons. The van der Waals surface area contributed by atoms with Gasteiger partial charge in [0.15, 0.2) is 0 Å². The van der Waals surface area contributed by atoms with Crippen molar-refractivity contribution in [3.8, 4) is 0 Å². The first kappa shape index (κ1) is 15.3. The maximum atomic E-state index is 13.3. The Morgan fingerprint density at radius 3 is 2.36 bits per heavy atom. The molecule has 3 rings (SSSR count). The zero-order valence-electron chi connectivity index (χ0n) is 11.2. The van der Waals surface area contributed by atoms with Crippen molar-refractivity contribution < 1.29 is 13.2 Å². The monoisotopic (exact) mass is 343 g/mol. The van der Waals surface area contributed by atoms with Gasteiger partial charge in [-0.15, -0.1) is 0 Å². The fourth-order valence-corrected chi connectivity index (χ4v) is 2.90. The molecule has 0 aliphatic carbocycles. The van der Waals surface area contributed by atoms with Crippen LogP contribution in [0.4, 0.5) is 13.2 Å². The maximum absolute atomic E-state index is 13.3. The summed E-state index contributed by atoms with van der Waals surface area (Å²) in [5, 5.41) is 1.33. The molecular formula is C16H10Cl2F3N. The molecule has 1 heterocycles. The van der Waals surface area contributed by atoms with Gasteiger partial charge in [0.2, 0.25) is 0 Å². The molecule has 0 bridgehead atoms. The Morgan fingerprint density at radius 2 is 1.68 bits per heavy atom. The lowest BCUT2D eigenvalue weighted by Gasteiger charge is -2.14. The minimum Gasteiger partial charge on any atom is -0.332 e. The molecule has 0 saturated carbocycles. The van der Waals surface area contributed by atoms with Gasteiger partial charge in [-0.05, 0) is 29.8 Å². The van der Waals surface area contributed by atoms with Gasteiger partial charge in [0, 0.05) is 27.5 Å². The number of aromatic nitrogens is 1. The second-order valence-electron chi connectivity index (χ2n) is 4.91. The van der Waals surface area contributed by atoms with E-state index in [4.69, 9.17) is 23.2 Å². The Hall–Kier alpha value is -1.65. The van der Waals surface area contributed by atoms with Gasteiger partial charge in [-0.3, -0.25) is 0 Å². The van der Waals surface area contributed by atoms with E-state index in [1.54, 1.807) is 36.4 Å². The molecule has 1 aromatic heterocycles. The molecule has 0 atom stereocenters. The van der Waals surface area contributed by atoms with Gasteiger partial charge in [-0.2, -0.15) is 13.2 Å². The van der Waals surface area contributed by atoms with Crippen molar-refractivity contribution in [1.82, 2.24) is 4.57 Å². The molecule has 0 fully saturated rings. The van der Waals surface area contributed by atoms with Gasteiger partial charge in [0.25, 0.3) is 0 Å². The summed E-state index contributed by atoms with van der Waals surface area (Å²) >= 11 is 11.9. The lowest BCUT2D eigenvalue weighted by atomic mass is 10.2. The summed E-state index contributed by atoms with van der Waals surface area (Å²) in [5.74, 6) is 0. The number of nitrogens with zero attached hydrogens (tertiary/aromatic N) is 1. The van der Waals surface area contributed by atoms with Gasteiger partial charge >= 0.3 is 6.18 Å². The van der Waals surface area contributed by atoms with E-state index in [0.717, 1.165) is 6.07 Å². The minimum absolute atomic E-state index is 0.0261. The SMILES string of the molecule is FC(F)(F)c1cc2ccccc2n1Cc1ccc(Cl)cc1Cl. The van der Waals surface area contributed by atoms with Crippen molar-refractivity contribution in [2.45, 2.75) is 12.7 Å². The van der Waals surface area contributed by atoms with Crippen LogP contribution in [0.5, 0.6) is 0 Å². The maximum Gasteiger partial charge on any atom is 0.431 e. The second-order valence-corrected chi connectivity index (χ2v) is 5.75. The predicted molar refractivity (Wildman–Crippen MR) is 82.5 cm³/mol. The van der Waals surface area contributed by atoms with Crippen LogP contribution in [0.3, 0.4) is 0 Å². The minimum atomic E-state index is -4.43. The zero-order chi connectivity index (χ0) is 15.9. The number of fused-ring (bicyclic) bond motifs is 1. The summed E-state index contributed by atoms with van der Waals surface area (Å²) in [6, 6.07) is 12.7. The predicted octanol–water partition coefficient (Wildman–Crippen LogP) is 6.02. The topological polar surface area (TPSA) is 4.93 Å². The summed E-state index contributed by atoms with van der Waals surface area (Å²) in [6.07, 6.45) is -4.43. The lowest BCUT2D eigenvalue weighted by Crippen LogP contribution is -2.14. The van der Waals surface area contributed by atoms with Crippen LogP contribution in [-0.2, 0) is 12.7 Å². The van der Waals surface area contributed by atoms with Crippen LogP contribution in [0, 0.1) is 0 Å². The van der Waals surface area contributed by atoms with Crippen molar-refractivity contribution in [2.75, 3.05) is 0 Å². The number of hydrogen-bond donors (Lipinski definition) is 0. The average Bonchev–Trinajstić information content (AvgIpc) is 2.81. The molecule has 3 aromatic rings. The van der Waals surface area contributed by atoms with E-state index in [-0.39, 0.29) is 6.54 Å². The van der Waals surface area contributed by atoms with Crippen LogP contribution < -0.4 is 0 Å². The Bertz CT molecular complexity index is 837. The number of hydrogen-bond acceptors (Lipinski definition) is 0. The molecular weight excluding hydrogens is 334 g/mol. The molecule has 0 saturated heterocycles. The van der Waals surface area contributed by atoms with Crippen LogP contribution in [0.1, 0.15) is 11.3 Å². The third-order valence-electron chi connectivity index (χ3n) is 3.44. The van der Waals surface area contributed by atoms with Crippen LogP contribution >= 0.6 is 23.2 Å². The van der Waals surface area contributed by atoms with Gasteiger partial charge in [-0.25, -0.2) is 0 Å². The standard InChI is InChI=1S/C16H10Cl2F3N/c17-12-6-5-11(13(18)8-12)9-22-14-4-2-1-3-10(14)7-15(22)16(19,20)21/h1-8H,9H2. The molecule has 0 unspecified atom stereocenters. The van der Waals surface area contributed by atoms with E-state index in [0.29, 0.717) is 26.5 Å². The van der Waals surface area contributed by atoms with Gasteiger partial charge in [0.05, 0.1) is 0 Å². The third-order valence-corrected chi connectivity index (χ3v) is 4.03.